The molecular formula is C8H16N2S. The molecule has 2 unspecified atom stereocenters. The van der Waals surface area contributed by atoms with Crippen LogP contribution < -0.4 is 5.73 Å². The lowest BCUT2D eigenvalue weighted by atomic mass is 10.3. The maximum Gasteiger partial charge on any atom is 0.0914 e. The van der Waals surface area contributed by atoms with Crippen LogP contribution in [0.25, 0.3) is 0 Å². The molecule has 0 aliphatic rings. The van der Waals surface area contributed by atoms with Crippen molar-refractivity contribution in [3.63, 3.8) is 0 Å². The Hall–Kier alpha value is -0.200. The van der Waals surface area contributed by atoms with Crippen LogP contribution >= 0.6 is 11.8 Å². The van der Waals surface area contributed by atoms with Gasteiger partial charge in [-0.1, -0.05) is 6.92 Å². The predicted octanol–water partition coefficient (Wildman–Crippen LogP) is 1.76. The number of hydrogen-bond donors (Lipinski definition) is 1. The summed E-state index contributed by atoms with van der Waals surface area (Å²) in [4.78, 5) is 0. The maximum absolute atomic E-state index is 8.59. The normalized spacial score (nSPS) is 15.5. The minimum Gasteiger partial charge on any atom is -0.328 e. The molecular weight excluding hydrogens is 156 g/mol. The fraction of sp³-hybridized carbons (Fsp3) is 0.875. The van der Waals surface area contributed by atoms with Crippen LogP contribution in [0, 0.1) is 11.3 Å². The van der Waals surface area contributed by atoms with E-state index in [1.807, 2.05) is 13.8 Å². The topological polar surface area (TPSA) is 49.8 Å². The smallest absolute Gasteiger partial charge is 0.0914 e. The number of rotatable bonds is 5. The Morgan fingerprint density at radius 3 is 2.64 bits per heavy atom. The molecule has 0 radical (unpaired) electrons. The average Bonchev–Trinajstić information content (AvgIpc) is 1.98. The van der Waals surface area contributed by atoms with Crippen molar-refractivity contribution in [2.75, 3.05) is 5.75 Å². The van der Waals surface area contributed by atoms with E-state index in [1.165, 1.54) is 0 Å². The van der Waals surface area contributed by atoms with E-state index in [9.17, 15) is 0 Å². The van der Waals surface area contributed by atoms with Crippen molar-refractivity contribution in [3.8, 4) is 6.07 Å². The molecule has 64 valence electrons. The number of nitriles is 1. The summed E-state index contributed by atoms with van der Waals surface area (Å²) >= 11 is 1.71. The number of nitrogens with two attached hydrogens (primary N) is 1. The van der Waals surface area contributed by atoms with Gasteiger partial charge in [-0.25, -0.2) is 0 Å². The summed E-state index contributed by atoms with van der Waals surface area (Å²) in [6.07, 6.45) is 1.93. The van der Waals surface area contributed by atoms with Gasteiger partial charge in [-0.05, 0) is 25.5 Å². The number of nitrogens with zero attached hydrogens (tertiary/aromatic N) is 1. The molecule has 0 spiro atoms. The number of thioether (sulfide) groups is 1. The van der Waals surface area contributed by atoms with Crippen LogP contribution in [-0.4, -0.2) is 17.0 Å². The Balaban J connectivity index is 3.30. The van der Waals surface area contributed by atoms with Crippen LogP contribution in [0.4, 0.5) is 0 Å². The van der Waals surface area contributed by atoms with E-state index >= 15 is 0 Å². The van der Waals surface area contributed by atoms with E-state index < -0.39 is 0 Å². The van der Waals surface area contributed by atoms with Crippen LogP contribution in [0.3, 0.4) is 0 Å². The average molecular weight is 172 g/mol. The molecule has 3 heteroatoms. The summed E-state index contributed by atoms with van der Waals surface area (Å²) in [5.41, 5.74) is 5.57. The van der Waals surface area contributed by atoms with Gasteiger partial charge in [-0.15, -0.1) is 11.8 Å². The molecule has 2 atom stereocenters. The molecule has 0 aliphatic carbocycles. The van der Waals surface area contributed by atoms with E-state index in [4.69, 9.17) is 11.0 Å². The van der Waals surface area contributed by atoms with E-state index in [1.54, 1.807) is 11.8 Å². The van der Waals surface area contributed by atoms with Crippen molar-refractivity contribution in [3.05, 3.63) is 0 Å². The van der Waals surface area contributed by atoms with Gasteiger partial charge >= 0.3 is 0 Å². The summed E-state index contributed by atoms with van der Waals surface area (Å²) in [5, 5.41) is 8.75. The van der Waals surface area contributed by atoms with Crippen molar-refractivity contribution >= 4 is 11.8 Å². The lowest BCUT2D eigenvalue weighted by Crippen LogP contribution is -2.16. The van der Waals surface area contributed by atoms with Gasteiger partial charge in [-0.3, -0.25) is 0 Å². The lowest BCUT2D eigenvalue weighted by molar-refractivity contribution is 0.720. The second kappa shape index (κ2) is 6.51. The summed E-state index contributed by atoms with van der Waals surface area (Å²) in [5.74, 6) is 1.00. The van der Waals surface area contributed by atoms with Crippen LogP contribution in [0.15, 0.2) is 0 Å². The van der Waals surface area contributed by atoms with Crippen molar-refractivity contribution in [1.82, 2.24) is 0 Å². The minimum absolute atomic E-state index is 0.161. The summed E-state index contributed by atoms with van der Waals surface area (Å²) in [6, 6.07) is 2.51. The first kappa shape index (κ1) is 10.8. The largest absolute Gasteiger partial charge is 0.328 e. The van der Waals surface area contributed by atoms with Crippen LogP contribution in [-0.2, 0) is 0 Å². The highest BCUT2D eigenvalue weighted by molar-refractivity contribution is 8.00. The third-order valence-electron chi connectivity index (χ3n) is 1.41. The fourth-order valence-electron chi connectivity index (χ4n) is 0.643. The van der Waals surface area contributed by atoms with Crippen molar-refractivity contribution in [1.29, 1.82) is 5.26 Å². The monoisotopic (exact) mass is 172 g/mol. The molecule has 11 heavy (non-hydrogen) atoms. The molecule has 2 N–H and O–H groups in total. The quantitative estimate of drug-likeness (QED) is 0.687. The molecule has 0 fully saturated rings. The fourth-order valence-corrected chi connectivity index (χ4v) is 1.75. The highest BCUT2D eigenvalue weighted by Crippen LogP contribution is 2.14. The van der Waals surface area contributed by atoms with Gasteiger partial charge in [0.15, 0.2) is 0 Å². The first-order valence-corrected chi connectivity index (χ1v) is 5.02. The van der Waals surface area contributed by atoms with Crippen molar-refractivity contribution in [2.45, 2.75) is 38.0 Å². The molecule has 0 aromatic rings. The van der Waals surface area contributed by atoms with E-state index in [-0.39, 0.29) is 11.3 Å². The zero-order valence-electron chi connectivity index (χ0n) is 7.21. The van der Waals surface area contributed by atoms with Gasteiger partial charge in [0.05, 0.1) is 11.3 Å². The van der Waals surface area contributed by atoms with E-state index in [0.717, 1.165) is 18.6 Å². The van der Waals surface area contributed by atoms with Gasteiger partial charge in [0.1, 0.15) is 0 Å². The Bertz CT molecular complexity index is 129. The van der Waals surface area contributed by atoms with Crippen molar-refractivity contribution < 1.29 is 0 Å². The first-order chi connectivity index (χ1) is 5.20. The van der Waals surface area contributed by atoms with Crippen LogP contribution in [0.2, 0.25) is 0 Å². The third-order valence-corrected chi connectivity index (χ3v) is 2.72. The lowest BCUT2D eigenvalue weighted by Gasteiger charge is -2.06. The standard InChI is InChI=1S/C8H16N2S/c1-3-8(6-9)11-5-4-7(2)10/h7-8H,3-5,10H2,1-2H3. The second-order valence-electron chi connectivity index (χ2n) is 2.66. The highest BCUT2D eigenvalue weighted by Gasteiger charge is 2.04. The summed E-state index contributed by atoms with van der Waals surface area (Å²) in [7, 11) is 0. The van der Waals surface area contributed by atoms with E-state index in [2.05, 4.69) is 6.07 Å². The Labute approximate surface area is 73.1 Å². The molecule has 0 aromatic carbocycles. The van der Waals surface area contributed by atoms with Gasteiger partial charge in [0.25, 0.3) is 0 Å². The Morgan fingerprint density at radius 1 is 1.64 bits per heavy atom. The molecule has 0 saturated carbocycles. The van der Waals surface area contributed by atoms with Crippen LogP contribution in [0.1, 0.15) is 26.7 Å². The van der Waals surface area contributed by atoms with Gasteiger partial charge < -0.3 is 5.73 Å². The van der Waals surface area contributed by atoms with Gasteiger partial charge in [0.2, 0.25) is 0 Å². The summed E-state index contributed by atoms with van der Waals surface area (Å²) in [6.45, 7) is 4.03. The zero-order valence-corrected chi connectivity index (χ0v) is 8.03. The molecule has 0 bridgehead atoms. The van der Waals surface area contributed by atoms with E-state index in [0.29, 0.717) is 0 Å². The van der Waals surface area contributed by atoms with Crippen LogP contribution in [0.5, 0.6) is 0 Å². The molecule has 0 saturated heterocycles. The second-order valence-corrected chi connectivity index (χ2v) is 3.97. The predicted molar refractivity (Wildman–Crippen MR) is 50.4 cm³/mol. The Kier molecular flexibility index (Phi) is 6.39. The van der Waals surface area contributed by atoms with Gasteiger partial charge in [0, 0.05) is 6.04 Å². The molecule has 0 heterocycles. The zero-order chi connectivity index (χ0) is 8.69. The first-order valence-electron chi connectivity index (χ1n) is 3.97. The number of hydrogen-bond acceptors (Lipinski definition) is 3. The molecule has 0 aromatic heterocycles. The summed E-state index contributed by atoms with van der Waals surface area (Å²) < 4.78 is 0. The molecule has 0 amide bonds. The molecule has 0 aliphatic heterocycles. The third kappa shape index (κ3) is 6.21. The SMILES string of the molecule is CCC(C#N)SCCC(C)N. The highest BCUT2D eigenvalue weighted by atomic mass is 32.2. The van der Waals surface area contributed by atoms with Crippen molar-refractivity contribution in [2.24, 2.45) is 5.73 Å². The Morgan fingerprint density at radius 2 is 2.27 bits per heavy atom. The maximum atomic E-state index is 8.59. The van der Waals surface area contributed by atoms with Gasteiger partial charge in [-0.2, -0.15) is 5.26 Å². The molecule has 2 nitrogen and oxygen atoms in total. The minimum atomic E-state index is 0.161. The molecule has 0 rings (SSSR count).